The van der Waals surface area contributed by atoms with Crippen LogP contribution >= 0.6 is 23.2 Å². The number of rotatable bonds is 4. The molecule has 152 valence electrons. The lowest BCUT2D eigenvalue weighted by molar-refractivity contribution is -0.173. The van der Waals surface area contributed by atoms with Crippen LogP contribution in [0, 0.1) is 0 Å². The van der Waals surface area contributed by atoms with Gasteiger partial charge in [-0.15, -0.1) is 0 Å². The number of hydrogen-bond donors (Lipinski definition) is 2. The predicted octanol–water partition coefficient (Wildman–Crippen LogP) is 5.38. The molecule has 10 heteroatoms. The highest BCUT2D eigenvalue weighted by Gasteiger charge is 2.46. The van der Waals surface area contributed by atoms with E-state index < -0.39 is 24.2 Å². The molecule has 0 fully saturated rings. The van der Waals surface area contributed by atoms with Crippen molar-refractivity contribution in [2.75, 3.05) is 5.32 Å². The minimum Gasteiger partial charge on any atom is -0.363 e. The Morgan fingerprint density at radius 1 is 1.36 bits per heavy atom. The minimum atomic E-state index is -4.53. The van der Waals surface area contributed by atoms with Crippen LogP contribution in [0.15, 0.2) is 24.3 Å². The summed E-state index contributed by atoms with van der Waals surface area (Å²) in [6.07, 6.45) is -4.12. The highest BCUT2D eigenvalue weighted by atomic mass is 35.5. The summed E-state index contributed by atoms with van der Waals surface area (Å²) in [4.78, 5) is 12.3. The molecular weight excluding hydrogens is 416 g/mol. The van der Waals surface area contributed by atoms with Crippen LogP contribution in [0.2, 0.25) is 10.0 Å². The fraction of sp³-hybridized carbons (Fsp3) is 0.444. The smallest absolute Gasteiger partial charge is 0.363 e. The minimum absolute atomic E-state index is 0.0631. The van der Waals surface area contributed by atoms with Crippen LogP contribution < -0.4 is 10.6 Å². The molecule has 3 rings (SSSR count). The summed E-state index contributed by atoms with van der Waals surface area (Å²) in [7, 11) is 0. The van der Waals surface area contributed by atoms with Gasteiger partial charge in [-0.2, -0.15) is 18.3 Å². The van der Waals surface area contributed by atoms with Gasteiger partial charge in [0.05, 0.1) is 16.1 Å². The van der Waals surface area contributed by atoms with Crippen molar-refractivity contribution in [3.05, 3.63) is 45.6 Å². The zero-order valence-electron chi connectivity index (χ0n) is 15.1. The van der Waals surface area contributed by atoms with Crippen molar-refractivity contribution in [1.82, 2.24) is 15.1 Å². The SMILES string of the molecule is CC[C@@H](C)NC(=O)c1cc2n(n1)[C@H](C(F)(F)F)C[C@H](c1ccc(Cl)c(Cl)c1)N2. The van der Waals surface area contributed by atoms with Gasteiger partial charge < -0.3 is 10.6 Å². The monoisotopic (exact) mass is 434 g/mol. The van der Waals surface area contributed by atoms with E-state index in [4.69, 9.17) is 23.2 Å². The molecule has 0 radical (unpaired) electrons. The molecule has 0 unspecified atom stereocenters. The fourth-order valence-electron chi connectivity index (χ4n) is 3.03. The predicted molar refractivity (Wildman–Crippen MR) is 102 cm³/mol. The Kier molecular flexibility index (Phi) is 5.82. The molecule has 0 bridgehead atoms. The van der Waals surface area contributed by atoms with E-state index in [1.54, 1.807) is 12.1 Å². The summed E-state index contributed by atoms with van der Waals surface area (Å²) in [5.74, 6) is -0.385. The molecule has 1 aromatic carbocycles. The molecule has 1 aromatic heterocycles. The maximum Gasteiger partial charge on any atom is 0.410 e. The number of anilines is 1. The van der Waals surface area contributed by atoms with Crippen LogP contribution in [0.1, 0.15) is 54.8 Å². The van der Waals surface area contributed by atoms with E-state index in [9.17, 15) is 18.0 Å². The first kappa shape index (κ1) is 20.8. The third-order valence-corrected chi connectivity index (χ3v) is 5.50. The number of hydrogen-bond acceptors (Lipinski definition) is 3. The zero-order valence-corrected chi connectivity index (χ0v) is 16.7. The van der Waals surface area contributed by atoms with Crippen molar-refractivity contribution in [3.8, 4) is 0 Å². The summed E-state index contributed by atoms with van der Waals surface area (Å²) < 4.78 is 41.9. The Morgan fingerprint density at radius 2 is 2.07 bits per heavy atom. The van der Waals surface area contributed by atoms with Crippen molar-refractivity contribution < 1.29 is 18.0 Å². The number of fused-ring (bicyclic) bond motifs is 1. The fourth-order valence-corrected chi connectivity index (χ4v) is 3.34. The van der Waals surface area contributed by atoms with E-state index >= 15 is 0 Å². The number of nitrogens with zero attached hydrogens (tertiary/aromatic N) is 2. The lowest BCUT2D eigenvalue weighted by Crippen LogP contribution is -2.36. The van der Waals surface area contributed by atoms with Crippen LogP contribution in [0.5, 0.6) is 0 Å². The largest absolute Gasteiger partial charge is 0.410 e. The van der Waals surface area contributed by atoms with Crippen molar-refractivity contribution in [2.24, 2.45) is 0 Å². The van der Waals surface area contributed by atoms with Crippen LogP contribution in [0.3, 0.4) is 0 Å². The third-order valence-electron chi connectivity index (χ3n) is 4.76. The van der Waals surface area contributed by atoms with E-state index in [1.165, 1.54) is 12.1 Å². The average molecular weight is 435 g/mol. The third kappa shape index (κ3) is 4.22. The Labute approximate surface area is 170 Å². The lowest BCUT2D eigenvalue weighted by Gasteiger charge is -2.33. The Morgan fingerprint density at radius 3 is 2.68 bits per heavy atom. The van der Waals surface area contributed by atoms with E-state index in [-0.39, 0.29) is 29.0 Å². The second-order valence-electron chi connectivity index (χ2n) is 6.81. The van der Waals surface area contributed by atoms with Gasteiger partial charge in [-0.25, -0.2) is 4.68 Å². The summed E-state index contributed by atoms with van der Waals surface area (Å²) in [5, 5.41) is 10.2. The van der Waals surface area contributed by atoms with Crippen molar-refractivity contribution in [3.63, 3.8) is 0 Å². The number of aromatic nitrogens is 2. The second-order valence-corrected chi connectivity index (χ2v) is 7.62. The lowest BCUT2D eigenvalue weighted by atomic mass is 9.97. The van der Waals surface area contributed by atoms with Gasteiger partial charge in [0.25, 0.3) is 5.91 Å². The molecule has 0 aliphatic carbocycles. The van der Waals surface area contributed by atoms with Crippen LogP contribution in [-0.4, -0.2) is 27.9 Å². The Bertz CT molecular complexity index is 884. The second kappa shape index (κ2) is 7.83. The maximum atomic E-state index is 13.7. The number of nitrogens with one attached hydrogen (secondary N) is 2. The topological polar surface area (TPSA) is 59.0 Å². The number of halogens is 5. The number of amides is 1. The summed E-state index contributed by atoms with van der Waals surface area (Å²) in [6, 6.07) is 3.41. The van der Waals surface area contributed by atoms with Crippen LogP contribution in [0.4, 0.5) is 19.0 Å². The normalized spacial score (nSPS) is 20.2. The molecule has 28 heavy (non-hydrogen) atoms. The molecule has 1 aliphatic rings. The van der Waals surface area contributed by atoms with Crippen molar-refractivity contribution >= 4 is 34.9 Å². The van der Waals surface area contributed by atoms with E-state index in [0.29, 0.717) is 17.0 Å². The van der Waals surface area contributed by atoms with Gasteiger partial charge in [0.2, 0.25) is 0 Å². The maximum absolute atomic E-state index is 13.7. The average Bonchev–Trinajstić information content (AvgIpc) is 3.06. The molecule has 0 saturated heterocycles. The van der Waals surface area contributed by atoms with Gasteiger partial charge >= 0.3 is 6.18 Å². The van der Waals surface area contributed by atoms with Crippen molar-refractivity contribution in [1.29, 1.82) is 0 Å². The Hall–Kier alpha value is -1.93. The number of carbonyl (C=O) groups is 1. The molecule has 1 aliphatic heterocycles. The van der Waals surface area contributed by atoms with Gasteiger partial charge in [0.1, 0.15) is 5.82 Å². The Balaban J connectivity index is 1.95. The van der Waals surface area contributed by atoms with Gasteiger partial charge in [0, 0.05) is 18.5 Å². The standard InChI is InChI=1S/C18H19Cl2F3N4O/c1-3-9(2)24-17(28)14-8-16-25-13(10-4-5-11(19)12(20)6-10)7-15(18(21,22)23)27(16)26-14/h4-6,8-9,13,15,25H,3,7H2,1-2H3,(H,24,28)/t9-,13-,15+/m1/s1. The van der Waals surface area contributed by atoms with E-state index in [2.05, 4.69) is 15.7 Å². The highest BCUT2D eigenvalue weighted by molar-refractivity contribution is 6.42. The first-order valence-corrected chi connectivity index (χ1v) is 9.54. The molecule has 3 atom stereocenters. The van der Waals surface area contributed by atoms with E-state index in [1.807, 2.05) is 13.8 Å². The molecule has 2 N–H and O–H groups in total. The van der Waals surface area contributed by atoms with Gasteiger partial charge in [0.15, 0.2) is 11.7 Å². The van der Waals surface area contributed by atoms with Crippen LogP contribution in [0.25, 0.3) is 0 Å². The zero-order chi connectivity index (χ0) is 20.6. The molecule has 2 aromatic rings. The van der Waals surface area contributed by atoms with Crippen LogP contribution in [-0.2, 0) is 0 Å². The summed E-state index contributed by atoms with van der Waals surface area (Å²) in [6.45, 7) is 3.71. The molecule has 5 nitrogen and oxygen atoms in total. The molecule has 0 spiro atoms. The quantitative estimate of drug-likeness (QED) is 0.678. The first-order valence-electron chi connectivity index (χ1n) is 8.78. The van der Waals surface area contributed by atoms with E-state index in [0.717, 1.165) is 4.68 Å². The van der Waals surface area contributed by atoms with Gasteiger partial charge in [-0.3, -0.25) is 4.79 Å². The molecule has 0 saturated carbocycles. The highest BCUT2D eigenvalue weighted by Crippen LogP contribution is 2.44. The van der Waals surface area contributed by atoms with Gasteiger partial charge in [-0.1, -0.05) is 36.2 Å². The number of alkyl halides is 3. The molecular formula is C18H19Cl2F3N4O. The molecule has 1 amide bonds. The first-order chi connectivity index (χ1) is 13.1. The van der Waals surface area contributed by atoms with Crippen molar-refractivity contribution in [2.45, 2.75) is 51.0 Å². The number of benzene rings is 1. The summed E-state index contributed by atoms with van der Waals surface area (Å²) in [5.41, 5.74) is 0.508. The summed E-state index contributed by atoms with van der Waals surface area (Å²) >= 11 is 11.9. The molecule has 2 heterocycles. The number of carbonyl (C=O) groups excluding carboxylic acids is 1. The van der Waals surface area contributed by atoms with Gasteiger partial charge in [-0.05, 0) is 31.0 Å².